The minimum Gasteiger partial charge on any atom is -0.171 e. The maximum Gasteiger partial charge on any atom is 0.394 e. The standard InChI is InChI=1S/C13H23F3/c1-2-3-4-5-6-9-12(13(14,15)16)10-7-8-11-12/h2-11H2,1H3. The molecular weight excluding hydrogens is 213 g/mol. The molecule has 1 rings (SSSR count). The molecule has 1 aliphatic rings. The van der Waals surface area contributed by atoms with E-state index in [1.807, 2.05) is 0 Å². The number of alkyl halides is 3. The van der Waals surface area contributed by atoms with Crippen molar-refractivity contribution < 1.29 is 13.2 Å². The van der Waals surface area contributed by atoms with Crippen LogP contribution >= 0.6 is 0 Å². The molecule has 3 heteroatoms. The molecule has 0 amide bonds. The van der Waals surface area contributed by atoms with Crippen LogP contribution in [0, 0.1) is 5.41 Å². The second-order valence-electron chi connectivity index (χ2n) is 5.15. The van der Waals surface area contributed by atoms with Crippen LogP contribution in [0.4, 0.5) is 13.2 Å². The fourth-order valence-corrected chi connectivity index (χ4v) is 2.79. The van der Waals surface area contributed by atoms with Gasteiger partial charge in [0.2, 0.25) is 0 Å². The molecule has 0 saturated heterocycles. The fourth-order valence-electron chi connectivity index (χ4n) is 2.79. The van der Waals surface area contributed by atoms with Crippen LogP contribution in [0.1, 0.15) is 71.1 Å². The van der Waals surface area contributed by atoms with Crippen molar-refractivity contribution in [1.82, 2.24) is 0 Å². The van der Waals surface area contributed by atoms with E-state index in [1.165, 1.54) is 0 Å². The third-order valence-electron chi connectivity index (χ3n) is 3.92. The Bertz CT molecular complexity index is 190. The predicted octanol–water partition coefficient (Wildman–Crippen LogP) is 5.47. The molecule has 0 bridgehead atoms. The minimum absolute atomic E-state index is 0.361. The number of hydrogen-bond donors (Lipinski definition) is 0. The summed E-state index contributed by atoms with van der Waals surface area (Å²) in [5.41, 5.74) is -1.32. The number of rotatable bonds is 6. The first-order chi connectivity index (χ1) is 7.52. The van der Waals surface area contributed by atoms with Crippen LogP contribution in [-0.2, 0) is 0 Å². The van der Waals surface area contributed by atoms with Gasteiger partial charge >= 0.3 is 6.18 Å². The third-order valence-corrected chi connectivity index (χ3v) is 3.92. The lowest BCUT2D eigenvalue weighted by Gasteiger charge is -2.31. The van der Waals surface area contributed by atoms with Crippen LogP contribution in [0.25, 0.3) is 0 Å². The lowest BCUT2D eigenvalue weighted by molar-refractivity contribution is -0.225. The molecule has 0 atom stereocenters. The van der Waals surface area contributed by atoms with Gasteiger partial charge in [0.05, 0.1) is 5.41 Å². The third kappa shape index (κ3) is 3.39. The molecule has 0 aromatic rings. The summed E-state index contributed by atoms with van der Waals surface area (Å²) in [4.78, 5) is 0. The highest BCUT2D eigenvalue weighted by Crippen LogP contribution is 2.53. The summed E-state index contributed by atoms with van der Waals surface area (Å²) in [6.07, 6.45) is 3.73. The second-order valence-corrected chi connectivity index (χ2v) is 5.15. The van der Waals surface area contributed by atoms with Gasteiger partial charge < -0.3 is 0 Å². The van der Waals surface area contributed by atoms with Gasteiger partial charge in [-0.25, -0.2) is 0 Å². The van der Waals surface area contributed by atoms with Crippen LogP contribution in [0.5, 0.6) is 0 Å². The normalized spacial score (nSPS) is 20.2. The molecule has 0 unspecified atom stereocenters. The largest absolute Gasteiger partial charge is 0.394 e. The SMILES string of the molecule is CCCCCCCC1(C(F)(F)F)CCCC1. The molecule has 1 saturated carbocycles. The first-order valence-electron chi connectivity index (χ1n) is 6.58. The van der Waals surface area contributed by atoms with E-state index < -0.39 is 11.6 Å². The van der Waals surface area contributed by atoms with Crippen LogP contribution in [0.15, 0.2) is 0 Å². The zero-order valence-corrected chi connectivity index (χ0v) is 10.2. The van der Waals surface area contributed by atoms with Crippen molar-refractivity contribution in [3.8, 4) is 0 Å². The molecule has 0 aromatic carbocycles. The highest BCUT2D eigenvalue weighted by Gasteiger charge is 2.54. The Kier molecular flexibility index (Phi) is 5.13. The van der Waals surface area contributed by atoms with E-state index in [4.69, 9.17) is 0 Å². The van der Waals surface area contributed by atoms with Gasteiger partial charge in [-0.05, 0) is 19.3 Å². The van der Waals surface area contributed by atoms with Gasteiger partial charge in [-0.2, -0.15) is 13.2 Å². The molecule has 0 spiro atoms. The average molecular weight is 236 g/mol. The zero-order valence-electron chi connectivity index (χ0n) is 10.2. The number of unbranched alkanes of at least 4 members (excludes halogenated alkanes) is 4. The summed E-state index contributed by atoms with van der Waals surface area (Å²) in [5, 5.41) is 0. The van der Waals surface area contributed by atoms with E-state index >= 15 is 0 Å². The van der Waals surface area contributed by atoms with Crippen molar-refractivity contribution in [2.75, 3.05) is 0 Å². The van der Waals surface area contributed by atoms with Gasteiger partial charge in [-0.15, -0.1) is 0 Å². The van der Waals surface area contributed by atoms with Crippen molar-refractivity contribution in [3.63, 3.8) is 0 Å². The summed E-state index contributed by atoms with van der Waals surface area (Å²) in [7, 11) is 0. The van der Waals surface area contributed by atoms with Crippen LogP contribution < -0.4 is 0 Å². The molecule has 0 nitrogen and oxygen atoms in total. The van der Waals surface area contributed by atoms with E-state index in [0.717, 1.165) is 44.9 Å². The first kappa shape index (κ1) is 13.9. The van der Waals surface area contributed by atoms with E-state index in [2.05, 4.69) is 6.92 Å². The topological polar surface area (TPSA) is 0 Å². The van der Waals surface area contributed by atoms with Crippen molar-refractivity contribution in [2.24, 2.45) is 5.41 Å². The molecule has 1 aliphatic carbocycles. The molecule has 16 heavy (non-hydrogen) atoms. The van der Waals surface area contributed by atoms with Gasteiger partial charge in [0.1, 0.15) is 0 Å². The summed E-state index contributed by atoms with van der Waals surface area (Å²) < 4.78 is 39.0. The average Bonchev–Trinajstić information content (AvgIpc) is 2.66. The highest BCUT2D eigenvalue weighted by molar-refractivity contribution is 4.90. The Morgan fingerprint density at radius 3 is 2.00 bits per heavy atom. The summed E-state index contributed by atoms with van der Waals surface area (Å²) in [6.45, 7) is 2.12. The van der Waals surface area contributed by atoms with Gasteiger partial charge in [-0.3, -0.25) is 0 Å². The summed E-state index contributed by atoms with van der Waals surface area (Å²) in [5.74, 6) is 0. The van der Waals surface area contributed by atoms with Crippen molar-refractivity contribution in [2.45, 2.75) is 77.3 Å². The zero-order chi connectivity index (χ0) is 12.1. The highest BCUT2D eigenvalue weighted by atomic mass is 19.4. The Balaban J connectivity index is 2.35. The lowest BCUT2D eigenvalue weighted by Crippen LogP contribution is -2.35. The first-order valence-corrected chi connectivity index (χ1v) is 6.58. The predicted molar refractivity (Wildman–Crippen MR) is 60.3 cm³/mol. The van der Waals surface area contributed by atoms with E-state index in [-0.39, 0.29) is 0 Å². The molecule has 0 N–H and O–H groups in total. The monoisotopic (exact) mass is 236 g/mol. The van der Waals surface area contributed by atoms with Gasteiger partial charge in [0.25, 0.3) is 0 Å². The van der Waals surface area contributed by atoms with Gasteiger partial charge in [-0.1, -0.05) is 51.9 Å². The lowest BCUT2D eigenvalue weighted by atomic mass is 9.80. The second kappa shape index (κ2) is 5.92. The van der Waals surface area contributed by atoms with Crippen molar-refractivity contribution in [3.05, 3.63) is 0 Å². The van der Waals surface area contributed by atoms with E-state index in [9.17, 15) is 13.2 Å². The molecular formula is C13H23F3. The summed E-state index contributed by atoms with van der Waals surface area (Å²) in [6, 6.07) is 0. The van der Waals surface area contributed by atoms with Crippen LogP contribution in [0.2, 0.25) is 0 Å². The van der Waals surface area contributed by atoms with Crippen molar-refractivity contribution >= 4 is 0 Å². The Morgan fingerprint density at radius 2 is 1.50 bits per heavy atom. The molecule has 0 aromatic heterocycles. The minimum atomic E-state index is -3.98. The molecule has 0 heterocycles. The maximum absolute atomic E-state index is 13.0. The fraction of sp³-hybridized carbons (Fsp3) is 1.00. The maximum atomic E-state index is 13.0. The number of hydrogen-bond acceptors (Lipinski definition) is 0. The van der Waals surface area contributed by atoms with Crippen molar-refractivity contribution in [1.29, 1.82) is 0 Å². The molecule has 1 fully saturated rings. The Hall–Kier alpha value is -0.210. The van der Waals surface area contributed by atoms with E-state index in [0.29, 0.717) is 19.3 Å². The Morgan fingerprint density at radius 1 is 0.938 bits per heavy atom. The summed E-state index contributed by atoms with van der Waals surface area (Å²) >= 11 is 0. The Labute approximate surface area is 96.6 Å². The smallest absolute Gasteiger partial charge is 0.171 e. The van der Waals surface area contributed by atoms with E-state index in [1.54, 1.807) is 0 Å². The van der Waals surface area contributed by atoms with Crippen LogP contribution in [0.3, 0.4) is 0 Å². The number of halogens is 3. The molecule has 0 aliphatic heterocycles. The quantitative estimate of drug-likeness (QED) is 0.536. The molecule has 96 valence electrons. The molecule has 0 radical (unpaired) electrons. The van der Waals surface area contributed by atoms with Gasteiger partial charge in [0, 0.05) is 0 Å². The van der Waals surface area contributed by atoms with Crippen LogP contribution in [-0.4, -0.2) is 6.18 Å². The van der Waals surface area contributed by atoms with Gasteiger partial charge in [0.15, 0.2) is 0 Å².